The lowest BCUT2D eigenvalue weighted by Gasteiger charge is -2.21. The van der Waals surface area contributed by atoms with Gasteiger partial charge in [-0.1, -0.05) is 0 Å². The number of imidazole rings is 1. The molecule has 0 fully saturated rings. The van der Waals surface area contributed by atoms with Gasteiger partial charge in [0.2, 0.25) is 11.8 Å². The average molecular weight is 386 g/mol. The molecular formula is C15H26N6O4S. The minimum atomic E-state index is -1.14. The van der Waals surface area contributed by atoms with Gasteiger partial charge in [-0.05, 0) is 25.8 Å². The number of thiol groups is 1. The number of carboxylic acids is 1. The van der Waals surface area contributed by atoms with Crippen LogP contribution in [0.25, 0.3) is 0 Å². The van der Waals surface area contributed by atoms with Gasteiger partial charge in [-0.15, -0.1) is 0 Å². The smallest absolute Gasteiger partial charge is 0.326 e. The number of nitrogens with one attached hydrogen (secondary N) is 3. The van der Waals surface area contributed by atoms with Crippen molar-refractivity contribution < 1.29 is 19.5 Å². The van der Waals surface area contributed by atoms with Gasteiger partial charge in [0, 0.05) is 24.1 Å². The van der Waals surface area contributed by atoms with E-state index >= 15 is 0 Å². The Morgan fingerprint density at radius 2 is 1.92 bits per heavy atom. The molecule has 26 heavy (non-hydrogen) atoms. The highest BCUT2D eigenvalue weighted by atomic mass is 32.1. The van der Waals surface area contributed by atoms with Crippen molar-refractivity contribution in [3.8, 4) is 0 Å². The van der Waals surface area contributed by atoms with Crippen molar-refractivity contribution >= 4 is 30.4 Å². The number of unbranched alkanes of at least 4 members (excludes halogenated alkanes) is 1. The molecule has 0 saturated heterocycles. The number of aromatic nitrogens is 2. The van der Waals surface area contributed by atoms with Gasteiger partial charge in [-0.3, -0.25) is 9.59 Å². The molecule has 0 aromatic carbocycles. The van der Waals surface area contributed by atoms with Crippen LogP contribution in [0.3, 0.4) is 0 Å². The Hall–Kier alpha value is -2.11. The lowest BCUT2D eigenvalue weighted by Crippen LogP contribution is -2.55. The molecule has 146 valence electrons. The highest BCUT2D eigenvalue weighted by molar-refractivity contribution is 7.80. The molecule has 10 nitrogen and oxygen atoms in total. The van der Waals surface area contributed by atoms with E-state index in [1.165, 1.54) is 6.33 Å². The average Bonchev–Trinajstić information content (AvgIpc) is 3.11. The fourth-order valence-electron chi connectivity index (χ4n) is 2.22. The van der Waals surface area contributed by atoms with Crippen LogP contribution in [-0.2, 0) is 20.8 Å². The molecule has 8 N–H and O–H groups in total. The molecule has 3 unspecified atom stereocenters. The Labute approximate surface area is 156 Å². The quantitative estimate of drug-likeness (QED) is 0.167. The number of amides is 2. The van der Waals surface area contributed by atoms with Crippen molar-refractivity contribution in [2.75, 3.05) is 12.3 Å². The Kier molecular flexibility index (Phi) is 9.70. The summed E-state index contributed by atoms with van der Waals surface area (Å²) >= 11 is 4.05. The molecule has 1 heterocycles. The molecule has 1 aromatic rings. The van der Waals surface area contributed by atoms with Crippen molar-refractivity contribution in [2.45, 2.75) is 43.8 Å². The van der Waals surface area contributed by atoms with Crippen LogP contribution in [0.15, 0.2) is 12.5 Å². The summed E-state index contributed by atoms with van der Waals surface area (Å²) in [6, 6.07) is -2.92. The number of carboxylic acid groups (broad SMARTS) is 1. The van der Waals surface area contributed by atoms with Crippen LogP contribution < -0.4 is 22.1 Å². The number of nitrogens with two attached hydrogens (primary N) is 2. The lowest BCUT2D eigenvalue weighted by atomic mass is 10.1. The summed E-state index contributed by atoms with van der Waals surface area (Å²) in [5.74, 6) is -2.30. The number of hydrogen-bond acceptors (Lipinski definition) is 7. The third-order valence-electron chi connectivity index (χ3n) is 3.71. The summed E-state index contributed by atoms with van der Waals surface area (Å²) in [5.41, 5.74) is 11.9. The Morgan fingerprint density at radius 3 is 2.46 bits per heavy atom. The van der Waals surface area contributed by atoms with Gasteiger partial charge in [-0.2, -0.15) is 12.6 Å². The van der Waals surface area contributed by atoms with E-state index in [9.17, 15) is 19.5 Å². The van der Waals surface area contributed by atoms with Crippen LogP contribution >= 0.6 is 12.6 Å². The van der Waals surface area contributed by atoms with Gasteiger partial charge in [0.25, 0.3) is 0 Å². The van der Waals surface area contributed by atoms with Crippen LogP contribution in [0.1, 0.15) is 25.0 Å². The molecule has 1 aromatic heterocycles. The van der Waals surface area contributed by atoms with Crippen LogP contribution in [0, 0.1) is 0 Å². The Bertz CT molecular complexity index is 583. The zero-order valence-corrected chi connectivity index (χ0v) is 15.2. The van der Waals surface area contributed by atoms with E-state index in [4.69, 9.17) is 11.5 Å². The summed E-state index contributed by atoms with van der Waals surface area (Å²) in [6.45, 7) is 0.448. The molecule has 0 saturated carbocycles. The van der Waals surface area contributed by atoms with Gasteiger partial charge < -0.3 is 32.2 Å². The second-order valence-corrected chi connectivity index (χ2v) is 6.18. The topological polar surface area (TPSA) is 176 Å². The number of hydrogen-bond donors (Lipinski definition) is 7. The molecule has 1 rings (SSSR count). The van der Waals surface area contributed by atoms with E-state index < -0.39 is 35.9 Å². The maximum absolute atomic E-state index is 12.3. The second kappa shape index (κ2) is 11.5. The molecule has 3 atom stereocenters. The predicted octanol–water partition coefficient (Wildman–Crippen LogP) is -1.61. The molecule has 11 heteroatoms. The number of aromatic amines is 1. The first kappa shape index (κ1) is 21.9. The number of carbonyl (C=O) groups excluding carboxylic acids is 2. The first-order valence-electron chi connectivity index (χ1n) is 8.26. The minimum Gasteiger partial charge on any atom is -0.480 e. The summed E-state index contributed by atoms with van der Waals surface area (Å²) in [6.07, 6.45) is 4.74. The van der Waals surface area contributed by atoms with Gasteiger partial charge in [0.05, 0.1) is 12.4 Å². The molecule has 0 aliphatic rings. The van der Waals surface area contributed by atoms with E-state index in [0.717, 1.165) is 0 Å². The predicted molar refractivity (Wildman–Crippen MR) is 98.5 cm³/mol. The van der Waals surface area contributed by atoms with Crippen LogP contribution in [-0.4, -0.2) is 63.3 Å². The van der Waals surface area contributed by atoms with E-state index in [2.05, 4.69) is 33.2 Å². The summed E-state index contributed by atoms with van der Waals surface area (Å²) < 4.78 is 0. The Balaban J connectivity index is 2.57. The maximum Gasteiger partial charge on any atom is 0.326 e. The molecule has 0 spiro atoms. The van der Waals surface area contributed by atoms with Gasteiger partial charge >= 0.3 is 5.97 Å². The van der Waals surface area contributed by atoms with E-state index in [0.29, 0.717) is 25.1 Å². The summed E-state index contributed by atoms with van der Waals surface area (Å²) in [5, 5.41) is 14.1. The summed E-state index contributed by atoms with van der Waals surface area (Å²) in [7, 11) is 0. The van der Waals surface area contributed by atoms with Gasteiger partial charge in [-0.25, -0.2) is 9.78 Å². The van der Waals surface area contributed by atoms with Crippen LogP contribution in [0.5, 0.6) is 0 Å². The minimum absolute atomic E-state index is 0.00346. The number of carbonyl (C=O) groups is 3. The zero-order valence-electron chi connectivity index (χ0n) is 14.4. The van der Waals surface area contributed by atoms with E-state index in [1.54, 1.807) is 6.20 Å². The highest BCUT2D eigenvalue weighted by Gasteiger charge is 2.27. The summed E-state index contributed by atoms with van der Waals surface area (Å²) in [4.78, 5) is 42.4. The monoisotopic (exact) mass is 386 g/mol. The molecule has 2 amide bonds. The normalized spacial score (nSPS) is 14.3. The molecule has 0 radical (unpaired) electrons. The third-order valence-corrected chi connectivity index (χ3v) is 4.07. The number of rotatable bonds is 12. The molecule has 0 aliphatic heterocycles. The van der Waals surface area contributed by atoms with Crippen molar-refractivity contribution in [1.29, 1.82) is 0 Å². The fourth-order valence-corrected chi connectivity index (χ4v) is 2.48. The maximum atomic E-state index is 12.3. The molecule has 0 aliphatic carbocycles. The standard InChI is InChI=1S/C15H26N6O4S/c16-4-2-1-3-11(15(24)25)20-14(23)12(7-26)21-13(22)10(17)5-9-6-18-8-19-9/h6,8,10-12,26H,1-5,7,16-17H2,(H,18,19)(H,20,23)(H,21,22)(H,24,25). The van der Waals surface area contributed by atoms with Crippen molar-refractivity contribution in [3.63, 3.8) is 0 Å². The molecular weight excluding hydrogens is 360 g/mol. The lowest BCUT2D eigenvalue weighted by molar-refractivity contribution is -0.142. The van der Waals surface area contributed by atoms with Crippen molar-refractivity contribution in [1.82, 2.24) is 20.6 Å². The highest BCUT2D eigenvalue weighted by Crippen LogP contribution is 2.03. The second-order valence-electron chi connectivity index (χ2n) is 5.82. The number of nitrogens with zero attached hydrogens (tertiary/aromatic N) is 1. The first-order valence-corrected chi connectivity index (χ1v) is 8.89. The van der Waals surface area contributed by atoms with Crippen LogP contribution in [0.4, 0.5) is 0 Å². The first-order chi connectivity index (χ1) is 12.4. The van der Waals surface area contributed by atoms with E-state index in [1.807, 2.05) is 0 Å². The van der Waals surface area contributed by atoms with Crippen molar-refractivity contribution in [2.24, 2.45) is 11.5 Å². The third kappa shape index (κ3) is 7.42. The number of aliphatic carboxylic acids is 1. The van der Waals surface area contributed by atoms with E-state index in [-0.39, 0.29) is 18.6 Å². The van der Waals surface area contributed by atoms with Crippen molar-refractivity contribution in [3.05, 3.63) is 18.2 Å². The zero-order chi connectivity index (χ0) is 19.5. The SMILES string of the molecule is NCCCCC(NC(=O)C(CS)NC(=O)C(N)Cc1cnc[nH]1)C(=O)O. The van der Waals surface area contributed by atoms with Crippen LogP contribution in [0.2, 0.25) is 0 Å². The Morgan fingerprint density at radius 1 is 1.23 bits per heavy atom. The largest absolute Gasteiger partial charge is 0.480 e. The van der Waals surface area contributed by atoms with Gasteiger partial charge in [0.1, 0.15) is 12.1 Å². The fraction of sp³-hybridized carbons (Fsp3) is 0.600. The number of H-pyrrole nitrogens is 1. The molecule has 0 bridgehead atoms. The van der Waals surface area contributed by atoms with Gasteiger partial charge in [0.15, 0.2) is 0 Å².